The zero-order valence-electron chi connectivity index (χ0n) is 12.1. The molecule has 1 unspecified atom stereocenters. The van der Waals surface area contributed by atoms with Gasteiger partial charge < -0.3 is 5.32 Å². The van der Waals surface area contributed by atoms with Crippen molar-refractivity contribution in [3.05, 3.63) is 0 Å². The minimum absolute atomic E-state index is 0.989. The molecule has 1 heteroatoms. The lowest BCUT2D eigenvalue weighted by Gasteiger charge is -2.20. The van der Waals surface area contributed by atoms with E-state index in [9.17, 15) is 0 Å². The van der Waals surface area contributed by atoms with Crippen LogP contribution in [0.3, 0.4) is 0 Å². The van der Waals surface area contributed by atoms with E-state index in [4.69, 9.17) is 0 Å². The van der Waals surface area contributed by atoms with Crippen LogP contribution in [-0.4, -0.2) is 13.1 Å². The predicted molar refractivity (Wildman–Crippen MR) is 77.4 cm³/mol. The van der Waals surface area contributed by atoms with Gasteiger partial charge in [-0.3, -0.25) is 0 Å². The summed E-state index contributed by atoms with van der Waals surface area (Å²) in [5, 5.41) is 3.51. The number of hydrogen-bond donors (Lipinski definition) is 1. The molecule has 102 valence electrons. The molecule has 0 bridgehead atoms. The SMILES string of the molecule is CCCCCCC(CCCC)C[C@@H]1CCNC1. The van der Waals surface area contributed by atoms with Gasteiger partial charge in [0, 0.05) is 0 Å². The summed E-state index contributed by atoms with van der Waals surface area (Å²) in [5.74, 6) is 2.01. The molecular weight excluding hydrogens is 206 g/mol. The lowest BCUT2D eigenvalue weighted by atomic mass is 9.86. The summed E-state index contributed by atoms with van der Waals surface area (Å²) in [4.78, 5) is 0. The Kier molecular flexibility index (Phi) is 8.78. The highest BCUT2D eigenvalue weighted by Crippen LogP contribution is 2.27. The Balaban J connectivity index is 2.16. The second kappa shape index (κ2) is 9.94. The Morgan fingerprint density at radius 1 is 1.00 bits per heavy atom. The van der Waals surface area contributed by atoms with E-state index in [1.165, 1.54) is 77.3 Å². The highest BCUT2D eigenvalue weighted by molar-refractivity contribution is 4.74. The third kappa shape index (κ3) is 7.08. The molecule has 0 spiro atoms. The monoisotopic (exact) mass is 239 g/mol. The number of unbranched alkanes of at least 4 members (excludes halogenated alkanes) is 4. The highest BCUT2D eigenvalue weighted by atomic mass is 14.9. The van der Waals surface area contributed by atoms with Crippen LogP contribution in [0.25, 0.3) is 0 Å². The Bertz CT molecular complexity index is 161. The van der Waals surface area contributed by atoms with Gasteiger partial charge in [0.2, 0.25) is 0 Å². The maximum Gasteiger partial charge on any atom is -0.00199 e. The van der Waals surface area contributed by atoms with Crippen molar-refractivity contribution in [2.75, 3.05) is 13.1 Å². The zero-order valence-corrected chi connectivity index (χ0v) is 12.1. The molecule has 1 aliphatic heterocycles. The molecule has 1 rings (SSSR count). The van der Waals surface area contributed by atoms with Crippen molar-refractivity contribution in [2.45, 2.75) is 78.1 Å². The van der Waals surface area contributed by atoms with Gasteiger partial charge in [0.1, 0.15) is 0 Å². The van der Waals surface area contributed by atoms with Gasteiger partial charge in [-0.1, -0.05) is 65.2 Å². The Hall–Kier alpha value is -0.0400. The number of rotatable bonds is 10. The standard InChI is InChI=1S/C16H33N/c1-3-5-7-8-10-15(9-6-4-2)13-16-11-12-17-14-16/h15-17H,3-14H2,1-2H3/t15?,16-/m0/s1. The average molecular weight is 239 g/mol. The second-order valence-corrected chi connectivity index (χ2v) is 5.95. The zero-order chi connectivity index (χ0) is 12.3. The molecule has 0 aromatic carbocycles. The highest BCUT2D eigenvalue weighted by Gasteiger charge is 2.19. The average Bonchev–Trinajstić information content (AvgIpc) is 2.84. The summed E-state index contributed by atoms with van der Waals surface area (Å²) in [6, 6.07) is 0. The van der Waals surface area contributed by atoms with E-state index in [1.54, 1.807) is 0 Å². The van der Waals surface area contributed by atoms with Gasteiger partial charge in [-0.2, -0.15) is 0 Å². The molecule has 1 fully saturated rings. The molecule has 1 saturated heterocycles. The van der Waals surface area contributed by atoms with Crippen molar-refractivity contribution >= 4 is 0 Å². The van der Waals surface area contributed by atoms with Crippen molar-refractivity contribution in [3.63, 3.8) is 0 Å². The Morgan fingerprint density at radius 3 is 2.41 bits per heavy atom. The molecule has 17 heavy (non-hydrogen) atoms. The van der Waals surface area contributed by atoms with E-state index in [1.807, 2.05) is 0 Å². The third-order valence-corrected chi connectivity index (χ3v) is 4.26. The fourth-order valence-corrected chi connectivity index (χ4v) is 3.12. The van der Waals surface area contributed by atoms with Gasteiger partial charge in [-0.05, 0) is 37.8 Å². The van der Waals surface area contributed by atoms with Crippen LogP contribution in [0.15, 0.2) is 0 Å². The first-order valence-electron chi connectivity index (χ1n) is 8.07. The van der Waals surface area contributed by atoms with E-state index >= 15 is 0 Å². The fraction of sp³-hybridized carbons (Fsp3) is 1.00. The van der Waals surface area contributed by atoms with Crippen LogP contribution in [0, 0.1) is 11.8 Å². The normalized spacial score (nSPS) is 21.9. The third-order valence-electron chi connectivity index (χ3n) is 4.26. The summed E-state index contributed by atoms with van der Waals surface area (Å²) in [6.45, 7) is 7.18. The van der Waals surface area contributed by atoms with Crippen LogP contribution in [0.2, 0.25) is 0 Å². The minimum atomic E-state index is 0.989. The molecule has 0 aliphatic carbocycles. The molecule has 0 radical (unpaired) electrons. The first-order valence-corrected chi connectivity index (χ1v) is 8.07. The first kappa shape index (κ1) is 15.0. The van der Waals surface area contributed by atoms with Crippen molar-refractivity contribution in [1.82, 2.24) is 5.32 Å². The predicted octanol–water partition coefficient (Wildman–Crippen LogP) is 4.76. The van der Waals surface area contributed by atoms with Crippen LogP contribution in [0.5, 0.6) is 0 Å². The summed E-state index contributed by atoms with van der Waals surface area (Å²) in [7, 11) is 0. The second-order valence-electron chi connectivity index (χ2n) is 5.95. The molecule has 0 amide bonds. The minimum Gasteiger partial charge on any atom is -0.316 e. The van der Waals surface area contributed by atoms with Crippen molar-refractivity contribution in [3.8, 4) is 0 Å². The van der Waals surface area contributed by atoms with Crippen molar-refractivity contribution in [1.29, 1.82) is 0 Å². The largest absolute Gasteiger partial charge is 0.316 e. The van der Waals surface area contributed by atoms with E-state index in [-0.39, 0.29) is 0 Å². The molecular formula is C16H33N. The van der Waals surface area contributed by atoms with Gasteiger partial charge in [0.05, 0.1) is 0 Å². The molecule has 2 atom stereocenters. The summed E-state index contributed by atoms with van der Waals surface area (Å²) in [6.07, 6.45) is 14.5. The maximum atomic E-state index is 3.51. The van der Waals surface area contributed by atoms with Crippen molar-refractivity contribution < 1.29 is 0 Å². The van der Waals surface area contributed by atoms with E-state index in [0.717, 1.165) is 11.8 Å². The van der Waals surface area contributed by atoms with Gasteiger partial charge in [-0.25, -0.2) is 0 Å². The Labute approximate surface area is 109 Å². The van der Waals surface area contributed by atoms with E-state index < -0.39 is 0 Å². The number of nitrogens with one attached hydrogen (secondary N) is 1. The quantitative estimate of drug-likeness (QED) is 0.542. The van der Waals surface area contributed by atoms with Gasteiger partial charge in [0.25, 0.3) is 0 Å². The van der Waals surface area contributed by atoms with Crippen LogP contribution in [-0.2, 0) is 0 Å². The lowest BCUT2D eigenvalue weighted by Crippen LogP contribution is -2.13. The molecule has 1 heterocycles. The van der Waals surface area contributed by atoms with Crippen molar-refractivity contribution in [2.24, 2.45) is 11.8 Å². The summed E-state index contributed by atoms with van der Waals surface area (Å²) < 4.78 is 0. The van der Waals surface area contributed by atoms with Gasteiger partial charge in [0.15, 0.2) is 0 Å². The molecule has 1 aliphatic rings. The first-order chi connectivity index (χ1) is 8.36. The molecule has 0 aromatic heterocycles. The van der Waals surface area contributed by atoms with E-state index in [2.05, 4.69) is 19.2 Å². The topological polar surface area (TPSA) is 12.0 Å². The van der Waals surface area contributed by atoms with Crippen LogP contribution >= 0.6 is 0 Å². The molecule has 0 saturated carbocycles. The molecule has 0 aromatic rings. The van der Waals surface area contributed by atoms with Crippen LogP contribution in [0.4, 0.5) is 0 Å². The molecule has 1 nitrogen and oxygen atoms in total. The summed E-state index contributed by atoms with van der Waals surface area (Å²) >= 11 is 0. The van der Waals surface area contributed by atoms with Crippen LogP contribution < -0.4 is 5.32 Å². The van der Waals surface area contributed by atoms with Gasteiger partial charge >= 0.3 is 0 Å². The Morgan fingerprint density at radius 2 is 1.76 bits per heavy atom. The number of hydrogen-bond acceptors (Lipinski definition) is 1. The van der Waals surface area contributed by atoms with Gasteiger partial charge in [-0.15, -0.1) is 0 Å². The molecule has 1 N–H and O–H groups in total. The lowest BCUT2D eigenvalue weighted by molar-refractivity contribution is 0.331. The van der Waals surface area contributed by atoms with E-state index in [0.29, 0.717) is 0 Å². The fourth-order valence-electron chi connectivity index (χ4n) is 3.12. The smallest absolute Gasteiger partial charge is 0.00199 e. The van der Waals surface area contributed by atoms with Crippen LogP contribution in [0.1, 0.15) is 78.1 Å². The maximum absolute atomic E-state index is 3.51. The summed E-state index contributed by atoms with van der Waals surface area (Å²) in [5.41, 5.74) is 0.